The monoisotopic (exact) mass is 439 g/mol. The third kappa shape index (κ3) is 4.61. The number of hydrogen-bond donors (Lipinski definition) is 0. The molecule has 0 spiro atoms. The molecule has 7 heteroatoms. The molecule has 164 valence electrons. The molecule has 3 rings (SSSR count). The lowest BCUT2D eigenvalue weighted by atomic mass is 9.90. The zero-order valence-corrected chi connectivity index (χ0v) is 19.6. The first-order valence-corrected chi connectivity index (χ1v) is 11.2. The van der Waals surface area contributed by atoms with Gasteiger partial charge in [-0.3, -0.25) is 4.79 Å². The normalized spacial score (nSPS) is 17.7. The molecular weight excluding hydrogens is 410 g/mol. The minimum Gasteiger partial charge on any atom is -0.458 e. The van der Waals surface area contributed by atoms with Crippen molar-refractivity contribution in [2.45, 2.75) is 40.2 Å². The number of amides is 1. The lowest BCUT2D eigenvalue weighted by Gasteiger charge is -2.37. The van der Waals surface area contributed by atoms with E-state index in [2.05, 4.69) is 17.6 Å². The number of fused-ring (bicyclic) bond motifs is 1. The number of aryl methyl sites for hydroxylation is 2. The average Bonchev–Trinajstić information content (AvgIpc) is 3.12. The summed E-state index contributed by atoms with van der Waals surface area (Å²) in [5.41, 5.74) is 5.16. The first kappa shape index (κ1) is 22.9. The van der Waals surface area contributed by atoms with Crippen molar-refractivity contribution < 1.29 is 14.3 Å². The number of esters is 1. The van der Waals surface area contributed by atoms with Crippen LogP contribution in [0.1, 0.15) is 43.0 Å². The Morgan fingerprint density at radius 1 is 1.32 bits per heavy atom. The summed E-state index contributed by atoms with van der Waals surface area (Å²) in [7, 11) is 1.79. The Bertz CT molecular complexity index is 1010. The van der Waals surface area contributed by atoms with Crippen LogP contribution >= 0.6 is 11.8 Å². The maximum atomic E-state index is 13.1. The highest BCUT2D eigenvalue weighted by atomic mass is 32.2. The van der Waals surface area contributed by atoms with E-state index in [9.17, 15) is 9.59 Å². The van der Waals surface area contributed by atoms with Crippen LogP contribution in [0.3, 0.4) is 0 Å². The van der Waals surface area contributed by atoms with E-state index in [0.29, 0.717) is 17.8 Å². The van der Waals surface area contributed by atoms with Crippen molar-refractivity contribution in [3.8, 4) is 0 Å². The third-order valence-corrected chi connectivity index (χ3v) is 6.39. The predicted octanol–water partition coefficient (Wildman–Crippen LogP) is 4.48. The van der Waals surface area contributed by atoms with E-state index in [0.717, 1.165) is 27.6 Å². The van der Waals surface area contributed by atoms with Gasteiger partial charge in [0.05, 0.1) is 23.7 Å². The quantitative estimate of drug-likeness (QED) is 0.463. The summed E-state index contributed by atoms with van der Waals surface area (Å²) in [6, 6.07) is 5.78. The van der Waals surface area contributed by atoms with Crippen molar-refractivity contribution in [2.24, 2.45) is 4.99 Å². The minimum atomic E-state index is -0.418. The lowest BCUT2D eigenvalue weighted by molar-refractivity contribution is -0.138. The van der Waals surface area contributed by atoms with Crippen LogP contribution in [0.2, 0.25) is 0 Å². The largest absolute Gasteiger partial charge is 0.458 e. The van der Waals surface area contributed by atoms with Crippen LogP contribution in [-0.2, 0) is 14.3 Å². The van der Waals surface area contributed by atoms with Gasteiger partial charge in [0, 0.05) is 19.3 Å². The number of aliphatic imine (C=N–C) groups is 1. The fraction of sp³-hybridized carbons (Fsp3) is 0.375. The van der Waals surface area contributed by atoms with Gasteiger partial charge in [-0.15, -0.1) is 0 Å². The molecule has 0 aromatic heterocycles. The van der Waals surface area contributed by atoms with Crippen LogP contribution in [-0.4, -0.2) is 47.0 Å². The van der Waals surface area contributed by atoms with Crippen molar-refractivity contribution in [1.82, 2.24) is 9.80 Å². The number of thioether (sulfide) groups is 1. The molecule has 0 radical (unpaired) electrons. The highest BCUT2D eigenvalue weighted by Gasteiger charge is 2.41. The van der Waals surface area contributed by atoms with E-state index in [1.54, 1.807) is 18.0 Å². The highest BCUT2D eigenvalue weighted by molar-refractivity contribution is 8.16. The number of amidine groups is 1. The van der Waals surface area contributed by atoms with Crippen molar-refractivity contribution in [1.29, 1.82) is 0 Å². The van der Waals surface area contributed by atoms with Crippen molar-refractivity contribution >= 4 is 28.8 Å². The SMILES string of the molecule is C=CCOC(=O)C1=C(C)N=C2SC=C(CC(=O)N(C)CC)N2C1c1ccc(C)cc1C. The van der Waals surface area contributed by atoms with Crippen LogP contribution in [0.25, 0.3) is 0 Å². The second-order valence-electron chi connectivity index (χ2n) is 7.72. The maximum Gasteiger partial charge on any atom is 0.338 e. The minimum absolute atomic E-state index is 0.0250. The van der Waals surface area contributed by atoms with Gasteiger partial charge in [-0.1, -0.05) is 48.2 Å². The van der Waals surface area contributed by atoms with Gasteiger partial charge in [-0.05, 0) is 44.2 Å². The number of carbonyl (C=O) groups excluding carboxylic acids is 2. The van der Waals surface area contributed by atoms with Gasteiger partial charge in [0.25, 0.3) is 0 Å². The number of carbonyl (C=O) groups is 2. The second-order valence-corrected chi connectivity index (χ2v) is 8.56. The summed E-state index contributed by atoms with van der Waals surface area (Å²) in [4.78, 5) is 34.1. The molecule has 2 aliphatic heterocycles. The smallest absolute Gasteiger partial charge is 0.338 e. The van der Waals surface area contributed by atoms with E-state index in [-0.39, 0.29) is 18.9 Å². The molecule has 0 saturated heterocycles. The van der Waals surface area contributed by atoms with E-state index >= 15 is 0 Å². The first-order chi connectivity index (χ1) is 14.8. The van der Waals surface area contributed by atoms with Crippen LogP contribution in [0.4, 0.5) is 0 Å². The molecule has 2 aliphatic rings. The molecule has 0 saturated carbocycles. The van der Waals surface area contributed by atoms with Crippen molar-refractivity contribution in [3.05, 3.63) is 69.9 Å². The molecule has 6 nitrogen and oxygen atoms in total. The molecular formula is C24H29N3O3S. The molecule has 31 heavy (non-hydrogen) atoms. The topological polar surface area (TPSA) is 62.2 Å². The van der Waals surface area contributed by atoms with E-state index < -0.39 is 12.0 Å². The number of rotatable bonds is 7. The average molecular weight is 440 g/mol. The number of benzene rings is 1. The zero-order chi connectivity index (χ0) is 22.7. The van der Waals surface area contributed by atoms with Gasteiger partial charge in [0.15, 0.2) is 5.17 Å². The summed E-state index contributed by atoms with van der Waals surface area (Å²) in [5, 5.41) is 2.73. The fourth-order valence-corrected chi connectivity index (χ4v) is 4.70. The summed E-state index contributed by atoms with van der Waals surface area (Å²) in [6.07, 6.45) is 1.79. The van der Waals surface area contributed by atoms with Gasteiger partial charge in [0.1, 0.15) is 6.61 Å². The third-order valence-electron chi connectivity index (χ3n) is 5.51. The van der Waals surface area contributed by atoms with Crippen LogP contribution in [0, 0.1) is 13.8 Å². The predicted molar refractivity (Wildman–Crippen MR) is 125 cm³/mol. The molecule has 1 aromatic carbocycles. The summed E-state index contributed by atoms with van der Waals surface area (Å²) < 4.78 is 5.42. The van der Waals surface area contributed by atoms with Crippen LogP contribution < -0.4 is 0 Å². The van der Waals surface area contributed by atoms with Crippen LogP contribution in [0.15, 0.2) is 58.2 Å². The summed E-state index contributed by atoms with van der Waals surface area (Å²) >= 11 is 1.48. The van der Waals surface area contributed by atoms with Crippen molar-refractivity contribution in [2.75, 3.05) is 20.2 Å². The highest BCUT2D eigenvalue weighted by Crippen LogP contribution is 2.45. The molecule has 1 atom stereocenters. The van der Waals surface area contributed by atoms with E-state index in [4.69, 9.17) is 4.74 Å². The lowest BCUT2D eigenvalue weighted by Crippen LogP contribution is -2.38. The molecule has 2 heterocycles. The molecule has 1 amide bonds. The Hall–Kier alpha value is -2.80. The van der Waals surface area contributed by atoms with Gasteiger partial charge >= 0.3 is 5.97 Å². The van der Waals surface area contributed by atoms with Crippen LogP contribution in [0.5, 0.6) is 0 Å². The van der Waals surface area contributed by atoms with Gasteiger partial charge in [0.2, 0.25) is 5.91 Å². The van der Waals surface area contributed by atoms with Gasteiger partial charge in [-0.25, -0.2) is 9.79 Å². The Balaban J connectivity index is 2.09. The molecule has 0 fully saturated rings. The van der Waals surface area contributed by atoms with E-state index in [1.165, 1.54) is 11.8 Å². The molecule has 0 bridgehead atoms. The Kier molecular flexibility index (Phi) is 7.05. The maximum absolute atomic E-state index is 13.1. The van der Waals surface area contributed by atoms with Gasteiger partial charge in [-0.2, -0.15) is 0 Å². The molecule has 0 N–H and O–H groups in total. The van der Waals surface area contributed by atoms with Gasteiger partial charge < -0.3 is 14.5 Å². The first-order valence-electron chi connectivity index (χ1n) is 10.3. The second kappa shape index (κ2) is 9.56. The molecule has 1 aromatic rings. The van der Waals surface area contributed by atoms with Crippen molar-refractivity contribution in [3.63, 3.8) is 0 Å². The number of ether oxygens (including phenoxy) is 1. The standard InChI is InChI=1S/C24H29N3O3S/c1-7-11-30-23(29)21-17(5)25-24-27(18(14-31-24)13-20(28)26(6)8-2)22(21)19-10-9-15(3)12-16(19)4/h7,9-10,12,14,22H,1,8,11,13H2,2-6H3. The summed E-state index contributed by atoms with van der Waals surface area (Å²) in [6.45, 7) is 12.3. The number of hydrogen-bond acceptors (Lipinski definition) is 6. The number of nitrogens with zero attached hydrogens (tertiary/aromatic N) is 3. The zero-order valence-electron chi connectivity index (χ0n) is 18.8. The molecule has 0 aliphatic carbocycles. The van der Waals surface area contributed by atoms with E-state index in [1.807, 2.05) is 50.1 Å². The Morgan fingerprint density at radius 3 is 2.71 bits per heavy atom. The summed E-state index contributed by atoms with van der Waals surface area (Å²) in [5.74, 6) is -0.393. The Morgan fingerprint density at radius 2 is 2.06 bits per heavy atom. The molecule has 1 unspecified atom stereocenters. The number of allylic oxidation sites excluding steroid dienone is 1. The fourth-order valence-electron chi connectivity index (χ4n) is 3.74. The Labute approximate surface area is 188 Å².